The first-order valence-corrected chi connectivity index (χ1v) is 4.77. The monoisotopic (exact) mass is 196 g/mol. The van der Waals surface area contributed by atoms with Crippen molar-refractivity contribution in [3.05, 3.63) is 11.4 Å². The summed E-state index contributed by atoms with van der Waals surface area (Å²) in [5, 5.41) is 5.78. The lowest BCUT2D eigenvalue weighted by Gasteiger charge is -2.29. The van der Waals surface area contributed by atoms with Crippen LogP contribution in [-0.4, -0.2) is 37.4 Å². The van der Waals surface area contributed by atoms with E-state index in [0.717, 1.165) is 5.82 Å². The Hall–Kier alpha value is -1.52. The predicted molar refractivity (Wildman–Crippen MR) is 55.6 cm³/mol. The number of aliphatic imine (C=N–C) groups is 1. The van der Waals surface area contributed by atoms with Crippen molar-refractivity contribution in [2.75, 3.05) is 20.3 Å². The summed E-state index contributed by atoms with van der Waals surface area (Å²) in [6.45, 7) is 4.97. The van der Waals surface area contributed by atoms with Gasteiger partial charge in [0.15, 0.2) is 0 Å². The molecule has 2 aliphatic rings. The maximum atomic E-state index is 11.3. The maximum Gasteiger partial charge on any atom is 0.254 e. The van der Waals surface area contributed by atoms with Gasteiger partial charge in [0, 0.05) is 7.05 Å². The topological polar surface area (TPSA) is 56.7 Å². The summed E-state index contributed by atoms with van der Waals surface area (Å²) in [6, 6.07) is 0. The van der Waals surface area contributed by atoms with Gasteiger partial charge in [-0.05, 0) is 0 Å². The first-order valence-electron chi connectivity index (χ1n) is 4.77. The third-order valence-electron chi connectivity index (χ3n) is 1.92. The zero-order valence-electron chi connectivity index (χ0n) is 8.79. The molecule has 78 valence electrons. The fourth-order valence-corrected chi connectivity index (χ4v) is 1.33. The zero-order chi connectivity index (χ0) is 10.6. The van der Waals surface area contributed by atoms with Crippen molar-refractivity contribution in [3.63, 3.8) is 0 Å². The molecular weight excluding hydrogens is 180 g/mol. The number of hydrogen-bond donors (Lipinski definition) is 2. The lowest BCUT2D eigenvalue weighted by atomic mass is 10.2. The molecule has 0 spiro atoms. The van der Waals surface area contributed by atoms with Gasteiger partial charge in [-0.15, -0.1) is 0 Å². The molecule has 0 aliphatic carbocycles. The zero-order valence-corrected chi connectivity index (χ0v) is 8.79. The Balaban J connectivity index is 0.000000461. The van der Waals surface area contributed by atoms with Crippen molar-refractivity contribution in [3.8, 4) is 0 Å². The minimum Gasteiger partial charge on any atom is -0.354 e. The molecule has 0 unspecified atom stereocenters. The van der Waals surface area contributed by atoms with Crippen molar-refractivity contribution >= 4 is 12.2 Å². The molecule has 1 amide bonds. The van der Waals surface area contributed by atoms with E-state index >= 15 is 0 Å². The molecule has 2 heterocycles. The SMILES string of the molecule is CC.CN1C=NCC2=C1NCNC2=O. The van der Waals surface area contributed by atoms with Crippen LogP contribution in [-0.2, 0) is 4.79 Å². The normalized spacial score (nSPS) is 19.1. The highest BCUT2D eigenvalue weighted by Crippen LogP contribution is 2.11. The summed E-state index contributed by atoms with van der Waals surface area (Å²) in [6.07, 6.45) is 1.71. The van der Waals surface area contributed by atoms with Gasteiger partial charge in [-0.3, -0.25) is 9.79 Å². The molecule has 0 bridgehead atoms. The second-order valence-corrected chi connectivity index (χ2v) is 2.75. The van der Waals surface area contributed by atoms with E-state index in [-0.39, 0.29) is 5.91 Å². The lowest BCUT2D eigenvalue weighted by molar-refractivity contribution is -0.118. The largest absolute Gasteiger partial charge is 0.354 e. The third-order valence-corrected chi connectivity index (χ3v) is 1.92. The van der Waals surface area contributed by atoms with Crippen LogP contribution in [0.3, 0.4) is 0 Å². The highest BCUT2D eigenvalue weighted by atomic mass is 16.2. The van der Waals surface area contributed by atoms with Crippen molar-refractivity contribution in [1.29, 1.82) is 0 Å². The van der Waals surface area contributed by atoms with Gasteiger partial charge >= 0.3 is 0 Å². The van der Waals surface area contributed by atoms with Crippen LogP contribution >= 0.6 is 0 Å². The molecule has 2 aliphatic heterocycles. The minimum atomic E-state index is -0.0209. The Morgan fingerprint density at radius 2 is 2.14 bits per heavy atom. The van der Waals surface area contributed by atoms with Crippen LogP contribution in [0.4, 0.5) is 0 Å². The summed E-state index contributed by atoms with van der Waals surface area (Å²) in [4.78, 5) is 17.1. The second kappa shape index (κ2) is 4.64. The van der Waals surface area contributed by atoms with E-state index in [1.54, 1.807) is 6.34 Å². The summed E-state index contributed by atoms with van der Waals surface area (Å²) < 4.78 is 0. The molecule has 0 radical (unpaired) electrons. The molecule has 0 fully saturated rings. The Labute approximate surface area is 83.9 Å². The van der Waals surface area contributed by atoms with Crippen LogP contribution in [0.25, 0.3) is 0 Å². The van der Waals surface area contributed by atoms with Crippen LogP contribution in [0.5, 0.6) is 0 Å². The number of nitrogens with zero attached hydrogens (tertiary/aromatic N) is 2. The fourth-order valence-electron chi connectivity index (χ4n) is 1.33. The molecule has 0 saturated carbocycles. The second-order valence-electron chi connectivity index (χ2n) is 2.75. The van der Waals surface area contributed by atoms with E-state index in [0.29, 0.717) is 18.8 Å². The van der Waals surface area contributed by atoms with E-state index in [1.165, 1.54) is 0 Å². The van der Waals surface area contributed by atoms with Gasteiger partial charge in [-0.1, -0.05) is 13.8 Å². The summed E-state index contributed by atoms with van der Waals surface area (Å²) in [7, 11) is 1.86. The summed E-state index contributed by atoms with van der Waals surface area (Å²) >= 11 is 0. The number of rotatable bonds is 0. The molecule has 0 aromatic rings. The first-order chi connectivity index (χ1) is 6.79. The average Bonchev–Trinajstić information content (AvgIpc) is 2.23. The van der Waals surface area contributed by atoms with Gasteiger partial charge < -0.3 is 15.5 Å². The number of hydrogen-bond acceptors (Lipinski definition) is 4. The smallest absolute Gasteiger partial charge is 0.254 e. The van der Waals surface area contributed by atoms with Gasteiger partial charge in [-0.2, -0.15) is 0 Å². The molecule has 2 rings (SSSR count). The van der Waals surface area contributed by atoms with Crippen molar-refractivity contribution < 1.29 is 4.79 Å². The highest BCUT2D eigenvalue weighted by Gasteiger charge is 2.23. The highest BCUT2D eigenvalue weighted by molar-refractivity contribution is 5.96. The Morgan fingerprint density at radius 3 is 2.79 bits per heavy atom. The van der Waals surface area contributed by atoms with Crippen LogP contribution in [0.2, 0.25) is 0 Å². The molecule has 5 nitrogen and oxygen atoms in total. The Morgan fingerprint density at radius 1 is 1.43 bits per heavy atom. The van der Waals surface area contributed by atoms with Crippen LogP contribution < -0.4 is 10.6 Å². The Bertz CT molecular complexity index is 283. The van der Waals surface area contributed by atoms with Gasteiger partial charge in [-0.25, -0.2) is 0 Å². The molecule has 5 heteroatoms. The minimum absolute atomic E-state index is 0.0209. The standard InChI is InChI=1S/C7H10N4O.C2H6/c1-11-4-8-2-5-6(11)9-3-10-7(5)12;1-2/h4,9H,2-3H2,1H3,(H,10,12);1-2H3. The van der Waals surface area contributed by atoms with E-state index in [4.69, 9.17) is 0 Å². The molecule has 0 aromatic heterocycles. The number of carbonyl (C=O) groups excluding carboxylic acids is 1. The lowest BCUT2D eigenvalue weighted by Crippen LogP contribution is -2.47. The average molecular weight is 196 g/mol. The number of carbonyl (C=O) groups is 1. The van der Waals surface area contributed by atoms with E-state index < -0.39 is 0 Å². The molecule has 2 N–H and O–H groups in total. The van der Waals surface area contributed by atoms with Crippen LogP contribution in [0.15, 0.2) is 16.4 Å². The first kappa shape index (κ1) is 10.6. The van der Waals surface area contributed by atoms with Gasteiger partial charge in [0.2, 0.25) is 0 Å². The number of amides is 1. The van der Waals surface area contributed by atoms with E-state index in [1.807, 2.05) is 25.8 Å². The van der Waals surface area contributed by atoms with Crippen molar-refractivity contribution in [1.82, 2.24) is 15.5 Å². The number of nitrogens with one attached hydrogen (secondary N) is 2. The van der Waals surface area contributed by atoms with Gasteiger partial charge in [0.1, 0.15) is 5.82 Å². The quantitative estimate of drug-likeness (QED) is 0.567. The summed E-state index contributed by atoms with van der Waals surface area (Å²) in [5.41, 5.74) is 0.714. The van der Waals surface area contributed by atoms with Crippen LogP contribution in [0.1, 0.15) is 13.8 Å². The molecule has 0 atom stereocenters. The maximum absolute atomic E-state index is 11.3. The van der Waals surface area contributed by atoms with E-state index in [2.05, 4.69) is 15.6 Å². The fraction of sp³-hybridized carbons (Fsp3) is 0.556. The molecule has 0 saturated heterocycles. The van der Waals surface area contributed by atoms with E-state index in [9.17, 15) is 4.79 Å². The van der Waals surface area contributed by atoms with Crippen LogP contribution in [0, 0.1) is 0 Å². The Kier molecular flexibility index (Phi) is 3.50. The third kappa shape index (κ3) is 1.86. The van der Waals surface area contributed by atoms with Crippen molar-refractivity contribution in [2.24, 2.45) is 4.99 Å². The molecular formula is C9H16N4O. The predicted octanol–water partition coefficient (Wildman–Crippen LogP) is -0.125. The molecule has 0 aromatic carbocycles. The van der Waals surface area contributed by atoms with Gasteiger partial charge in [0.05, 0.1) is 25.1 Å². The van der Waals surface area contributed by atoms with Gasteiger partial charge in [0.25, 0.3) is 5.91 Å². The van der Waals surface area contributed by atoms with Crippen molar-refractivity contribution in [2.45, 2.75) is 13.8 Å². The molecule has 14 heavy (non-hydrogen) atoms. The summed E-state index contributed by atoms with van der Waals surface area (Å²) in [5.74, 6) is 0.848.